The van der Waals surface area contributed by atoms with E-state index in [1.807, 2.05) is 24.3 Å². The van der Waals surface area contributed by atoms with Crippen molar-refractivity contribution >= 4 is 54.5 Å². The van der Waals surface area contributed by atoms with Crippen LogP contribution in [0.5, 0.6) is 0 Å². The Bertz CT molecular complexity index is 3260. The molecule has 10 rings (SSSR count). The molecular formula is C54H47IrN3O-2. The first-order valence-corrected chi connectivity index (χ1v) is 20.0. The summed E-state index contributed by atoms with van der Waals surface area (Å²) in [5.41, 5.74) is 10.5. The van der Waals surface area contributed by atoms with Gasteiger partial charge in [-0.2, -0.15) is 0 Å². The molecule has 0 aliphatic rings. The molecule has 59 heavy (non-hydrogen) atoms. The molecule has 0 atom stereocenters. The molecule has 7 aromatic carbocycles. The molecular weight excluding hydrogens is 899 g/mol. The number of benzene rings is 7. The van der Waals surface area contributed by atoms with Crippen molar-refractivity contribution in [2.45, 2.75) is 66.1 Å². The van der Waals surface area contributed by atoms with Crippen LogP contribution in [-0.2, 0) is 20.1 Å². The molecule has 4 nitrogen and oxygen atoms in total. The van der Waals surface area contributed by atoms with Gasteiger partial charge >= 0.3 is 0 Å². The van der Waals surface area contributed by atoms with Crippen molar-refractivity contribution < 1.29 is 30.0 Å². The summed E-state index contributed by atoms with van der Waals surface area (Å²) in [7, 11) is 0. The molecule has 0 aliphatic heterocycles. The largest absolute Gasteiger partial charge is 0.501 e. The second kappa shape index (κ2) is 16.4. The topological polar surface area (TPSA) is 43.9 Å². The zero-order chi connectivity index (χ0) is 43.5. The van der Waals surface area contributed by atoms with Crippen LogP contribution in [-0.4, -0.2) is 14.5 Å². The molecule has 3 heterocycles. The number of hydrogen-bond acceptors (Lipinski definition) is 3. The third kappa shape index (κ3) is 7.28. The number of fused-ring (bicyclic) bond motifs is 7. The number of nitrogens with zero attached hydrogens (tertiary/aromatic N) is 3. The van der Waals surface area contributed by atoms with Gasteiger partial charge in [0.2, 0.25) is 0 Å². The van der Waals surface area contributed by atoms with E-state index in [0.717, 1.165) is 49.9 Å². The number of pyridine rings is 1. The van der Waals surface area contributed by atoms with Gasteiger partial charge in [-0.3, -0.25) is 4.98 Å². The first-order chi connectivity index (χ1) is 29.7. The molecule has 0 saturated heterocycles. The van der Waals surface area contributed by atoms with Crippen LogP contribution in [0.15, 0.2) is 144 Å². The minimum Gasteiger partial charge on any atom is -0.501 e. The summed E-state index contributed by atoms with van der Waals surface area (Å²) in [6.45, 7) is 10.2. The predicted octanol–water partition coefficient (Wildman–Crippen LogP) is 14.9. The number of rotatable bonds is 6. The van der Waals surface area contributed by atoms with E-state index in [-0.39, 0.29) is 25.7 Å². The average Bonchev–Trinajstić information content (AvgIpc) is 3.83. The number of furan rings is 1. The second-order valence-electron chi connectivity index (χ2n) is 15.8. The summed E-state index contributed by atoms with van der Waals surface area (Å²) in [4.78, 5) is 9.46. The van der Waals surface area contributed by atoms with Gasteiger partial charge in [0.05, 0.1) is 22.4 Å². The average molecular weight is 950 g/mol. The molecule has 0 aliphatic carbocycles. The van der Waals surface area contributed by atoms with E-state index in [1.165, 1.54) is 44.6 Å². The van der Waals surface area contributed by atoms with Gasteiger partial charge in [0.15, 0.2) is 0 Å². The van der Waals surface area contributed by atoms with Crippen molar-refractivity contribution in [3.63, 3.8) is 0 Å². The standard InChI is InChI=1S/C39H31N2O.C15H16N.Ir/c1-23(2)27-13-9-14-28(24(3)4)37(27)41-35-18-8-7-17-34(35)40-39(41)31-16-10-15-30-33-21-26-20-19-25-11-5-6-12-29(25)32(26)22-36(33)42-38(30)31;1-11(2)14-9-15(16-10-12(14)3)13-7-5-4-6-8-13;/h5-15,17-24H,1-4H3;4-7,9-11H,1-3H3;/q2*-1;/i;3D3,11D;. The van der Waals surface area contributed by atoms with Gasteiger partial charge in [-0.1, -0.05) is 125 Å². The number of aryl methyl sites for hydroxylation is 1. The minimum absolute atomic E-state index is 0. The van der Waals surface area contributed by atoms with Crippen molar-refractivity contribution in [3.8, 4) is 28.3 Å². The third-order valence-corrected chi connectivity index (χ3v) is 11.1. The Hall–Kier alpha value is -5.87. The molecule has 1 radical (unpaired) electrons. The number of aromatic nitrogens is 3. The van der Waals surface area contributed by atoms with Crippen molar-refractivity contribution in [2.75, 3.05) is 0 Å². The van der Waals surface area contributed by atoms with E-state index in [2.05, 4.69) is 146 Å². The van der Waals surface area contributed by atoms with Crippen LogP contribution >= 0.6 is 0 Å². The molecule has 295 valence electrons. The molecule has 0 saturated carbocycles. The molecule has 5 heteroatoms. The van der Waals surface area contributed by atoms with E-state index in [1.54, 1.807) is 26.0 Å². The number of hydrogen-bond donors (Lipinski definition) is 0. The van der Waals surface area contributed by atoms with Gasteiger partial charge in [-0.15, -0.1) is 54.1 Å². The number of para-hydroxylation sites is 3. The Kier molecular flexibility index (Phi) is 9.76. The van der Waals surface area contributed by atoms with Gasteiger partial charge in [-0.25, -0.2) is 0 Å². The number of imidazole rings is 1. The molecule has 0 N–H and O–H groups in total. The zero-order valence-corrected chi connectivity index (χ0v) is 36.4. The van der Waals surface area contributed by atoms with Gasteiger partial charge in [0.25, 0.3) is 0 Å². The second-order valence-corrected chi connectivity index (χ2v) is 15.8. The molecule has 0 amide bonds. The van der Waals surface area contributed by atoms with Crippen LogP contribution < -0.4 is 0 Å². The SMILES string of the molecule is CC(C)c1cccc(C(C)C)c1-n1c(-c2[c-]ccc3c2oc2cc4c(ccc5ccccc54)cc23)nc2ccccc21.[2H]C([2H])([2H])c1cnc(-c2[c-]cccc2)cc1C([2H])(C)C.[Ir]. The van der Waals surface area contributed by atoms with Crippen LogP contribution in [0.4, 0.5) is 0 Å². The maximum absolute atomic E-state index is 8.16. The van der Waals surface area contributed by atoms with E-state index in [0.29, 0.717) is 23.1 Å². The Morgan fingerprint density at radius 3 is 2.15 bits per heavy atom. The summed E-state index contributed by atoms with van der Waals surface area (Å²) in [6.07, 6.45) is 1.36. The van der Waals surface area contributed by atoms with E-state index < -0.39 is 12.7 Å². The normalized spacial score (nSPS) is 13.0. The molecule has 0 spiro atoms. The van der Waals surface area contributed by atoms with E-state index in [4.69, 9.17) is 14.9 Å². The van der Waals surface area contributed by atoms with Crippen LogP contribution in [0.2, 0.25) is 0 Å². The van der Waals surface area contributed by atoms with Crippen molar-refractivity contribution in [2.24, 2.45) is 0 Å². The summed E-state index contributed by atoms with van der Waals surface area (Å²) < 4.78 is 40.0. The summed E-state index contributed by atoms with van der Waals surface area (Å²) in [6, 6.07) is 52.3. The van der Waals surface area contributed by atoms with Crippen molar-refractivity contribution in [1.82, 2.24) is 14.5 Å². The first-order valence-electron chi connectivity index (χ1n) is 22.0. The minimum atomic E-state index is -2.26. The summed E-state index contributed by atoms with van der Waals surface area (Å²) in [5.74, 6) is 0.545. The van der Waals surface area contributed by atoms with Crippen molar-refractivity contribution in [3.05, 3.63) is 174 Å². The maximum Gasteiger partial charge on any atom is 0.121 e. The first kappa shape index (κ1) is 35.1. The molecule has 0 unspecified atom stereocenters. The van der Waals surface area contributed by atoms with Crippen molar-refractivity contribution in [1.29, 1.82) is 0 Å². The molecule has 3 aromatic heterocycles. The Morgan fingerprint density at radius 2 is 1.41 bits per heavy atom. The Balaban J connectivity index is 0.000000219. The monoisotopic (exact) mass is 950 g/mol. The Labute approximate surface area is 365 Å². The third-order valence-electron chi connectivity index (χ3n) is 11.1. The van der Waals surface area contributed by atoms with E-state index >= 15 is 0 Å². The fraction of sp³-hybridized carbons (Fsp3) is 0.185. The fourth-order valence-corrected chi connectivity index (χ4v) is 8.17. The van der Waals surface area contributed by atoms with Crippen LogP contribution in [0.3, 0.4) is 0 Å². The molecule has 0 bridgehead atoms. The Morgan fingerprint density at radius 1 is 0.661 bits per heavy atom. The predicted molar refractivity (Wildman–Crippen MR) is 243 cm³/mol. The summed E-state index contributed by atoms with van der Waals surface area (Å²) >= 11 is 0. The van der Waals surface area contributed by atoms with Gasteiger partial charge < -0.3 is 14.0 Å². The van der Waals surface area contributed by atoms with Gasteiger partial charge in [0, 0.05) is 42.9 Å². The molecule has 10 aromatic rings. The quantitative estimate of drug-likeness (QED) is 0.123. The van der Waals surface area contributed by atoms with Crippen LogP contribution in [0, 0.1) is 19.0 Å². The summed E-state index contributed by atoms with van der Waals surface area (Å²) in [5, 5.41) is 7.05. The maximum atomic E-state index is 8.16. The smallest absolute Gasteiger partial charge is 0.121 e. The van der Waals surface area contributed by atoms with Gasteiger partial charge in [0.1, 0.15) is 5.58 Å². The van der Waals surface area contributed by atoms with Crippen LogP contribution in [0.25, 0.3) is 82.8 Å². The fourth-order valence-electron chi connectivity index (χ4n) is 8.17. The van der Waals surface area contributed by atoms with Gasteiger partial charge in [-0.05, 0) is 98.3 Å². The van der Waals surface area contributed by atoms with Crippen LogP contribution in [0.1, 0.15) is 87.0 Å². The molecule has 0 fully saturated rings. The van der Waals surface area contributed by atoms with E-state index in [9.17, 15) is 0 Å². The zero-order valence-electron chi connectivity index (χ0n) is 38.0.